The molecule has 0 fully saturated rings. The molecule has 6 heteroatoms. The molecule has 56 heavy (non-hydrogen) atoms. The van der Waals surface area contributed by atoms with Gasteiger partial charge in [-0.2, -0.15) is 0 Å². The minimum Gasteiger partial charge on any atom is -0.466 e. The Bertz CT molecular complexity index is 957. The van der Waals surface area contributed by atoms with Crippen LogP contribution in [0.3, 0.4) is 0 Å². The van der Waals surface area contributed by atoms with Crippen LogP contribution in [0.1, 0.15) is 232 Å². The maximum Gasteiger partial charge on any atom is 0.305 e. The molecule has 0 aromatic heterocycles. The Morgan fingerprint density at radius 2 is 0.893 bits per heavy atom. The van der Waals surface area contributed by atoms with Crippen LogP contribution in [0, 0.1) is 0 Å². The zero-order valence-corrected chi connectivity index (χ0v) is 36.8. The number of aliphatic hydroxyl groups is 2. The van der Waals surface area contributed by atoms with E-state index in [2.05, 4.69) is 55.6 Å². The van der Waals surface area contributed by atoms with Gasteiger partial charge in [0.15, 0.2) is 0 Å². The number of aliphatic hydroxyl groups excluding tert-OH is 2. The first-order valence-corrected chi connectivity index (χ1v) is 23.9. The maximum atomic E-state index is 12.4. The summed E-state index contributed by atoms with van der Waals surface area (Å²) in [6.07, 6.45) is 55.3. The minimum absolute atomic E-state index is 0.0397. The highest BCUT2D eigenvalue weighted by atomic mass is 16.5. The molecular weight excluding hydrogens is 695 g/mol. The van der Waals surface area contributed by atoms with Crippen LogP contribution in [0.15, 0.2) is 48.6 Å². The average molecular weight is 786 g/mol. The molecule has 1 amide bonds. The first kappa shape index (κ1) is 53.8. The number of hydrogen-bond donors (Lipinski definition) is 3. The summed E-state index contributed by atoms with van der Waals surface area (Å²) in [6.45, 7) is 4.78. The van der Waals surface area contributed by atoms with Gasteiger partial charge in [0, 0.05) is 12.8 Å². The standard InChI is InChI=1S/C50H91NO5/c1-3-5-7-9-11-13-15-17-18-19-24-28-32-36-40-44-50(55)56-45-41-37-33-29-25-21-20-23-27-31-35-39-43-49(54)51-47(46-52)48(53)42-38-34-30-26-22-16-14-12-10-8-6-4-2/h11,13,17-18,21,25,38,42,47-48,52-53H,3-10,12,14-16,19-20,22-24,26-37,39-41,43-46H2,1-2H3,(H,51,54)/b13-11-,18-17-,25-21-,42-38+. The third kappa shape index (κ3) is 41.5. The molecule has 326 valence electrons. The van der Waals surface area contributed by atoms with Crippen molar-refractivity contribution in [3.05, 3.63) is 48.6 Å². The Morgan fingerprint density at radius 3 is 1.41 bits per heavy atom. The van der Waals surface area contributed by atoms with Crippen molar-refractivity contribution in [3.63, 3.8) is 0 Å². The van der Waals surface area contributed by atoms with Gasteiger partial charge < -0.3 is 20.3 Å². The zero-order valence-electron chi connectivity index (χ0n) is 36.8. The van der Waals surface area contributed by atoms with Crippen molar-refractivity contribution >= 4 is 11.9 Å². The van der Waals surface area contributed by atoms with Crippen molar-refractivity contribution < 1.29 is 24.5 Å². The Morgan fingerprint density at radius 1 is 0.500 bits per heavy atom. The number of carbonyl (C=O) groups excluding carboxylic acids is 2. The SMILES string of the molecule is CCCCC/C=C\C/C=C\CCCCCCCC(=O)OCCCCC/C=C\CCCCCCCC(=O)NC(CO)C(O)/C=C/CCCCCCCCCCCC. The summed E-state index contributed by atoms with van der Waals surface area (Å²) in [5.74, 6) is -0.137. The summed E-state index contributed by atoms with van der Waals surface area (Å²) < 4.78 is 5.43. The van der Waals surface area contributed by atoms with Crippen LogP contribution < -0.4 is 5.32 Å². The molecule has 0 aliphatic heterocycles. The van der Waals surface area contributed by atoms with Crippen LogP contribution in [0.4, 0.5) is 0 Å². The van der Waals surface area contributed by atoms with Gasteiger partial charge in [0.05, 0.1) is 25.4 Å². The van der Waals surface area contributed by atoms with Gasteiger partial charge in [-0.3, -0.25) is 9.59 Å². The molecule has 2 unspecified atom stereocenters. The highest BCUT2D eigenvalue weighted by Gasteiger charge is 2.18. The molecule has 0 saturated heterocycles. The number of carbonyl (C=O) groups is 2. The Labute approximate surface area is 346 Å². The Hall–Kier alpha value is -2.18. The van der Waals surface area contributed by atoms with Crippen LogP contribution in [-0.4, -0.2) is 47.4 Å². The lowest BCUT2D eigenvalue weighted by atomic mass is 10.1. The number of hydrogen-bond acceptors (Lipinski definition) is 5. The molecule has 0 aromatic carbocycles. The molecule has 3 N–H and O–H groups in total. The number of esters is 1. The molecule has 0 spiro atoms. The van der Waals surface area contributed by atoms with Crippen molar-refractivity contribution in [1.82, 2.24) is 5.32 Å². The third-order valence-electron chi connectivity index (χ3n) is 10.6. The van der Waals surface area contributed by atoms with Crippen molar-refractivity contribution in [1.29, 1.82) is 0 Å². The number of allylic oxidation sites excluding steroid dienone is 7. The second-order valence-corrected chi connectivity index (χ2v) is 16.1. The van der Waals surface area contributed by atoms with Gasteiger partial charge >= 0.3 is 5.97 Å². The fraction of sp³-hybridized carbons (Fsp3) is 0.800. The van der Waals surface area contributed by atoms with Gasteiger partial charge in [-0.15, -0.1) is 0 Å². The molecule has 0 radical (unpaired) electrons. The minimum atomic E-state index is -0.860. The molecular formula is C50H91NO5. The van der Waals surface area contributed by atoms with E-state index in [1.807, 2.05) is 6.08 Å². The molecule has 0 aliphatic carbocycles. The average Bonchev–Trinajstić information content (AvgIpc) is 3.20. The normalized spacial score (nSPS) is 13.1. The van der Waals surface area contributed by atoms with E-state index in [9.17, 15) is 19.8 Å². The van der Waals surface area contributed by atoms with Gasteiger partial charge in [0.2, 0.25) is 5.91 Å². The number of rotatable bonds is 43. The topological polar surface area (TPSA) is 95.9 Å². The second-order valence-electron chi connectivity index (χ2n) is 16.1. The molecule has 0 heterocycles. The van der Waals surface area contributed by atoms with Crippen molar-refractivity contribution in [2.24, 2.45) is 0 Å². The number of nitrogens with one attached hydrogen (secondary N) is 1. The Kier molecular flexibility index (Phi) is 43.7. The van der Waals surface area contributed by atoms with Gasteiger partial charge in [0.1, 0.15) is 0 Å². The van der Waals surface area contributed by atoms with E-state index in [0.717, 1.165) is 103 Å². The van der Waals surface area contributed by atoms with Crippen LogP contribution in [-0.2, 0) is 14.3 Å². The quantitative estimate of drug-likeness (QED) is 0.0325. The summed E-state index contributed by atoms with van der Waals surface area (Å²) in [6, 6.07) is -0.647. The van der Waals surface area contributed by atoms with Gasteiger partial charge in [0.25, 0.3) is 0 Å². The second kappa shape index (κ2) is 45.5. The third-order valence-corrected chi connectivity index (χ3v) is 10.6. The van der Waals surface area contributed by atoms with E-state index in [4.69, 9.17) is 4.74 Å². The summed E-state index contributed by atoms with van der Waals surface area (Å²) >= 11 is 0. The lowest BCUT2D eigenvalue weighted by Gasteiger charge is -2.20. The lowest BCUT2D eigenvalue weighted by molar-refractivity contribution is -0.143. The van der Waals surface area contributed by atoms with Crippen molar-refractivity contribution in [2.45, 2.75) is 244 Å². The zero-order chi connectivity index (χ0) is 40.8. The first-order chi connectivity index (χ1) is 27.5. The summed E-state index contributed by atoms with van der Waals surface area (Å²) in [4.78, 5) is 24.4. The number of unbranched alkanes of at least 4 members (excludes halogenated alkanes) is 26. The monoisotopic (exact) mass is 786 g/mol. The number of amides is 1. The van der Waals surface area contributed by atoms with E-state index in [0.29, 0.717) is 19.4 Å². The largest absolute Gasteiger partial charge is 0.466 e. The van der Waals surface area contributed by atoms with Crippen LogP contribution >= 0.6 is 0 Å². The summed E-state index contributed by atoms with van der Waals surface area (Å²) in [5, 5.41) is 22.9. The molecule has 0 rings (SSSR count). The van der Waals surface area contributed by atoms with E-state index in [1.54, 1.807) is 6.08 Å². The predicted octanol–water partition coefficient (Wildman–Crippen LogP) is 13.9. The highest BCUT2D eigenvalue weighted by molar-refractivity contribution is 5.76. The van der Waals surface area contributed by atoms with E-state index in [1.165, 1.54) is 103 Å². The highest BCUT2D eigenvalue weighted by Crippen LogP contribution is 2.13. The molecule has 2 atom stereocenters. The van der Waals surface area contributed by atoms with E-state index >= 15 is 0 Å². The fourth-order valence-corrected chi connectivity index (χ4v) is 6.83. The molecule has 0 aliphatic rings. The molecule has 0 bridgehead atoms. The van der Waals surface area contributed by atoms with Crippen molar-refractivity contribution in [2.75, 3.05) is 13.2 Å². The predicted molar refractivity (Wildman–Crippen MR) is 241 cm³/mol. The van der Waals surface area contributed by atoms with E-state index in [-0.39, 0.29) is 18.5 Å². The molecule has 0 saturated carbocycles. The van der Waals surface area contributed by atoms with E-state index < -0.39 is 12.1 Å². The van der Waals surface area contributed by atoms with Crippen LogP contribution in [0.5, 0.6) is 0 Å². The Balaban J connectivity index is 3.56. The lowest BCUT2D eigenvalue weighted by Crippen LogP contribution is -2.45. The molecule has 0 aromatic rings. The van der Waals surface area contributed by atoms with Gasteiger partial charge in [-0.25, -0.2) is 0 Å². The molecule has 6 nitrogen and oxygen atoms in total. The van der Waals surface area contributed by atoms with Crippen LogP contribution in [0.2, 0.25) is 0 Å². The number of ether oxygens (including phenoxy) is 1. The smallest absolute Gasteiger partial charge is 0.305 e. The maximum absolute atomic E-state index is 12.4. The van der Waals surface area contributed by atoms with Crippen LogP contribution in [0.25, 0.3) is 0 Å². The van der Waals surface area contributed by atoms with Gasteiger partial charge in [-0.1, -0.05) is 172 Å². The summed E-state index contributed by atoms with van der Waals surface area (Å²) in [5.41, 5.74) is 0. The first-order valence-electron chi connectivity index (χ1n) is 23.9. The fourth-order valence-electron chi connectivity index (χ4n) is 6.83. The summed E-state index contributed by atoms with van der Waals surface area (Å²) in [7, 11) is 0. The van der Waals surface area contributed by atoms with Gasteiger partial charge in [-0.05, 0) is 96.3 Å². The van der Waals surface area contributed by atoms with Crippen molar-refractivity contribution in [3.8, 4) is 0 Å².